The molecule has 0 aliphatic carbocycles. The van der Waals surface area contributed by atoms with Gasteiger partial charge >= 0.3 is 0 Å². The maximum atomic E-state index is 13.1. The quantitative estimate of drug-likeness (QED) is 0.722. The summed E-state index contributed by atoms with van der Waals surface area (Å²) in [4.78, 5) is 19.4. The van der Waals surface area contributed by atoms with Crippen molar-refractivity contribution in [2.24, 2.45) is 5.41 Å². The second-order valence-electron chi connectivity index (χ2n) is 7.60. The monoisotopic (exact) mass is 334 g/mol. The number of hydrogen-bond acceptors (Lipinski definition) is 3. The van der Waals surface area contributed by atoms with E-state index >= 15 is 0 Å². The normalized spacial score (nSPS) is 19.5. The van der Waals surface area contributed by atoms with Gasteiger partial charge in [0.15, 0.2) is 5.65 Å². The second-order valence-corrected chi connectivity index (χ2v) is 7.60. The number of hydrogen-bond donors (Lipinski definition) is 0. The molecular weight excluding hydrogens is 312 g/mol. The van der Waals surface area contributed by atoms with Crippen molar-refractivity contribution in [3.05, 3.63) is 65.6 Å². The average Bonchev–Trinajstić information content (AvgIpc) is 3.15. The van der Waals surface area contributed by atoms with Crippen LogP contribution in [-0.4, -0.2) is 38.5 Å². The molecule has 0 N–H and O–H groups in total. The van der Waals surface area contributed by atoms with Gasteiger partial charge in [0.1, 0.15) is 5.56 Å². The van der Waals surface area contributed by atoms with Gasteiger partial charge in [0.2, 0.25) is 0 Å². The lowest BCUT2D eigenvalue weighted by molar-refractivity contribution is 0.0779. The molecule has 1 fully saturated rings. The van der Waals surface area contributed by atoms with Crippen molar-refractivity contribution >= 4 is 11.6 Å². The molecule has 3 heterocycles. The van der Waals surface area contributed by atoms with Crippen molar-refractivity contribution in [1.29, 1.82) is 0 Å². The van der Waals surface area contributed by atoms with Crippen molar-refractivity contribution in [2.75, 3.05) is 13.1 Å². The Bertz CT molecular complexity index is 929. The number of aryl methyl sites for hydroxylation is 1. The van der Waals surface area contributed by atoms with Gasteiger partial charge in [0.05, 0.1) is 6.20 Å². The van der Waals surface area contributed by atoms with E-state index in [1.165, 1.54) is 5.56 Å². The van der Waals surface area contributed by atoms with Crippen molar-refractivity contribution in [2.45, 2.75) is 26.7 Å². The number of carbonyl (C=O) groups excluding carboxylic acids is 1. The highest BCUT2D eigenvalue weighted by atomic mass is 16.2. The predicted octanol–water partition coefficient (Wildman–Crippen LogP) is 3.30. The minimum Gasteiger partial charge on any atom is -0.337 e. The highest BCUT2D eigenvalue weighted by Gasteiger charge is 2.42. The first kappa shape index (κ1) is 15.8. The molecule has 128 valence electrons. The van der Waals surface area contributed by atoms with Gasteiger partial charge in [-0.25, -0.2) is 9.50 Å². The molecule has 0 radical (unpaired) electrons. The molecule has 0 saturated carbocycles. The SMILES string of the molecule is Cc1cnc2c(C(=O)N3C[C@H](c4ccccc4)C(C)(C)C3)cnn2c1. The van der Waals surface area contributed by atoms with Crippen LogP contribution in [0.4, 0.5) is 0 Å². The van der Waals surface area contributed by atoms with E-state index in [0.29, 0.717) is 17.1 Å². The molecule has 1 amide bonds. The first-order chi connectivity index (χ1) is 12.0. The van der Waals surface area contributed by atoms with Gasteiger partial charge < -0.3 is 4.90 Å². The molecule has 3 aromatic rings. The lowest BCUT2D eigenvalue weighted by Gasteiger charge is -2.25. The highest BCUT2D eigenvalue weighted by Crippen LogP contribution is 2.42. The summed E-state index contributed by atoms with van der Waals surface area (Å²) in [5.41, 5.74) is 3.53. The van der Waals surface area contributed by atoms with E-state index in [0.717, 1.165) is 18.7 Å². The van der Waals surface area contributed by atoms with E-state index in [-0.39, 0.29) is 11.3 Å². The Morgan fingerprint density at radius 2 is 1.96 bits per heavy atom. The molecule has 5 nitrogen and oxygen atoms in total. The van der Waals surface area contributed by atoms with Gasteiger partial charge in [-0.05, 0) is 23.5 Å². The first-order valence-corrected chi connectivity index (χ1v) is 8.60. The largest absolute Gasteiger partial charge is 0.337 e. The van der Waals surface area contributed by atoms with Crippen molar-refractivity contribution in [1.82, 2.24) is 19.5 Å². The third kappa shape index (κ3) is 2.69. The molecule has 1 saturated heterocycles. The lowest BCUT2D eigenvalue weighted by Crippen LogP contribution is -2.30. The van der Waals surface area contributed by atoms with Crippen molar-refractivity contribution < 1.29 is 4.79 Å². The van der Waals surface area contributed by atoms with Crippen molar-refractivity contribution in [3.63, 3.8) is 0 Å². The van der Waals surface area contributed by atoms with Crippen LogP contribution < -0.4 is 0 Å². The predicted molar refractivity (Wildman–Crippen MR) is 96.6 cm³/mol. The number of carbonyl (C=O) groups is 1. The van der Waals surface area contributed by atoms with Gasteiger partial charge in [-0.1, -0.05) is 44.2 Å². The van der Waals surface area contributed by atoms with Crippen LogP contribution in [0.15, 0.2) is 48.9 Å². The third-order valence-electron chi connectivity index (χ3n) is 5.15. The number of likely N-dealkylation sites (tertiary alicyclic amines) is 1. The highest BCUT2D eigenvalue weighted by molar-refractivity contribution is 5.99. The van der Waals surface area contributed by atoms with Gasteiger partial charge in [0, 0.05) is 31.4 Å². The molecule has 4 rings (SSSR count). The molecule has 0 unspecified atom stereocenters. The minimum absolute atomic E-state index is 0.0119. The van der Waals surface area contributed by atoms with E-state index in [9.17, 15) is 4.79 Å². The lowest BCUT2D eigenvalue weighted by atomic mass is 9.78. The molecule has 1 aliphatic heterocycles. The third-order valence-corrected chi connectivity index (χ3v) is 5.15. The number of rotatable bonds is 2. The maximum Gasteiger partial charge on any atom is 0.259 e. The summed E-state index contributed by atoms with van der Waals surface area (Å²) in [5, 5.41) is 4.29. The van der Waals surface area contributed by atoms with E-state index in [2.05, 4.69) is 48.2 Å². The second kappa shape index (κ2) is 5.69. The fourth-order valence-electron chi connectivity index (χ4n) is 3.82. The molecule has 1 aliphatic rings. The first-order valence-electron chi connectivity index (χ1n) is 8.60. The van der Waals surface area contributed by atoms with E-state index in [1.54, 1.807) is 16.9 Å². The van der Waals surface area contributed by atoms with Crippen LogP contribution in [0.5, 0.6) is 0 Å². The Hall–Kier alpha value is -2.69. The number of benzene rings is 1. The topological polar surface area (TPSA) is 50.5 Å². The number of amides is 1. The zero-order valence-electron chi connectivity index (χ0n) is 14.8. The number of nitrogens with zero attached hydrogens (tertiary/aromatic N) is 4. The van der Waals surface area contributed by atoms with Crippen LogP contribution in [0.2, 0.25) is 0 Å². The summed E-state index contributed by atoms with van der Waals surface area (Å²) in [6, 6.07) is 10.5. The Labute approximate surface area is 147 Å². The van der Waals surface area contributed by atoms with Gasteiger partial charge in [0.25, 0.3) is 5.91 Å². The number of fused-ring (bicyclic) bond motifs is 1. The average molecular weight is 334 g/mol. The fourth-order valence-corrected chi connectivity index (χ4v) is 3.82. The standard InChI is InChI=1S/C20H22N4O/c1-14-9-21-18-16(10-22-24(18)11-14)19(25)23-12-17(20(2,3)13-23)15-7-5-4-6-8-15/h4-11,17H,12-13H2,1-3H3/t17-/m1/s1. The summed E-state index contributed by atoms with van der Waals surface area (Å²) >= 11 is 0. The molecule has 2 aromatic heterocycles. The smallest absolute Gasteiger partial charge is 0.259 e. The molecule has 5 heteroatoms. The summed E-state index contributed by atoms with van der Waals surface area (Å²) in [6.07, 6.45) is 5.29. The van der Waals surface area contributed by atoms with Gasteiger partial charge in [-0.3, -0.25) is 4.79 Å². The van der Waals surface area contributed by atoms with Crippen LogP contribution >= 0.6 is 0 Å². The summed E-state index contributed by atoms with van der Waals surface area (Å²) < 4.78 is 1.68. The van der Waals surface area contributed by atoms with E-state index < -0.39 is 0 Å². The van der Waals surface area contributed by atoms with Crippen LogP contribution in [0.25, 0.3) is 5.65 Å². The van der Waals surface area contributed by atoms with E-state index in [4.69, 9.17) is 0 Å². The Morgan fingerprint density at radius 3 is 2.72 bits per heavy atom. The Morgan fingerprint density at radius 1 is 1.20 bits per heavy atom. The minimum atomic E-state index is 0.0119. The molecule has 25 heavy (non-hydrogen) atoms. The van der Waals surface area contributed by atoms with Crippen LogP contribution in [0.3, 0.4) is 0 Å². The molecule has 1 aromatic carbocycles. The van der Waals surface area contributed by atoms with Crippen LogP contribution in [0, 0.1) is 12.3 Å². The van der Waals surface area contributed by atoms with Gasteiger partial charge in [-0.2, -0.15) is 5.10 Å². The Balaban J connectivity index is 1.65. The summed E-state index contributed by atoms with van der Waals surface area (Å²) in [6.45, 7) is 7.88. The zero-order chi connectivity index (χ0) is 17.6. The van der Waals surface area contributed by atoms with Crippen LogP contribution in [0.1, 0.15) is 41.3 Å². The maximum absolute atomic E-state index is 13.1. The summed E-state index contributed by atoms with van der Waals surface area (Å²) in [7, 11) is 0. The van der Waals surface area contributed by atoms with Crippen LogP contribution in [-0.2, 0) is 0 Å². The molecule has 1 atom stereocenters. The van der Waals surface area contributed by atoms with E-state index in [1.807, 2.05) is 24.1 Å². The molecule has 0 spiro atoms. The molecular formula is C20H22N4O. The summed E-state index contributed by atoms with van der Waals surface area (Å²) in [5.74, 6) is 0.340. The number of aromatic nitrogens is 3. The Kier molecular flexibility index (Phi) is 3.60. The zero-order valence-corrected chi connectivity index (χ0v) is 14.8. The molecule has 0 bridgehead atoms. The fraction of sp³-hybridized carbons (Fsp3) is 0.350. The van der Waals surface area contributed by atoms with Crippen molar-refractivity contribution in [3.8, 4) is 0 Å². The van der Waals surface area contributed by atoms with Gasteiger partial charge in [-0.15, -0.1) is 0 Å².